The van der Waals surface area contributed by atoms with Crippen molar-refractivity contribution in [2.75, 3.05) is 19.7 Å². The molecule has 1 aromatic heterocycles. The van der Waals surface area contributed by atoms with Gasteiger partial charge >= 0.3 is 0 Å². The number of rotatable bonds is 9. The molecule has 2 fully saturated rings. The Morgan fingerprint density at radius 1 is 0.906 bits per heavy atom. The lowest BCUT2D eigenvalue weighted by molar-refractivity contribution is -0.145. The number of carbonyl (C=O) groups is 2. The average molecular weight is 455 g/mol. The number of thiophene rings is 1. The largest absolute Gasteiger partial charge is 0.376 e. The minimum atomic E-state index is 0.00408. The number of carbonyl (C=O) groups excluding carboxylic acids is 2. The molecule has 32 heavy (non-hydrogen) atoms. The van der Waals surface area contributed by atoms with E-state index in [0.29, 0.717) is 19.6 Å². The summed E-state index contributed by atoms with van der Waals surface area (Å²) in [6, 6.07) is 14.2. The van der Waals surface area contributed by atoms with Crippen LogP contribution in [0.15, 0.2) is 47.8 Å². The minimum Gasteiger partial charge on any atom is -0.376 e. The van der Waals surface area contributed by atoms with E-state index in [0.717, 1.165) is 55.6 Å². The summed E-state index contributed by atoms with van der Waals surface area (Å²) in [5.74, 6) is 0.201. The van der Waals surface area contributed by atoms with Gasteiger partial charge in [-0.05, 0) is 42.7 Å². The maximum Gasteiger partial charge on any atom is 0.242 e. The van der Waals surface area contributed by atoms with Gasteiger partial charge in [-0.2, -0.15) is 0 Å². The van der Waals surface area contributed by atoms with Crippen LogP contribution in [0, 0.1) is 5.92 Å². The second-order valence-electron chi connectivity index (χ2n) is 9.00. The average Bonchev–Trinajstić information content (AvgIpc) is 3.53. The zero-order chi connectivity index (χ0) is 22.2. The molecule has 1 aliphatic carbocycles. The van der Waals surface area contributed by atoms with Crippen LogP contribution < -0.4 is 0 Å². The van der Waals surface area contributed by atoms with Gasteiger partial charge in [0.25, 0.3) is 0 Å². The molecule has 0 bridgehead atoms. The van der Waals surface area contributed by atoms with Gasteiger partial charge < -0.3 is 14.5 Å². The Morgan fingerprint density at radius 2 is 1.72 bits per heavy atom. The second-order valence-corrected chi connectivity index (χ2v) is 10.0. The van der Waals surface area contributed by atoms with Crippen LogP contribution in [0.1, 0.15) is 55.4 Å². The Balaban J connectivity index is 1.48. The van der Waals surface area contributed by atoms with Crippen molar-refractivity contribution in [3.05, 3.63) is 58.3 Å². The van der Waals surface area contributed by atoms with Crippen LogP contribution in [0.25, 0.3) is 0 Å². The van der Waals surface area contributed by atoms with Gasteiger partial charge in [0.1, 0.15) is 0 Å². The van der Waals surface area contributed by atoms with E-state index in [1.165, 1.54) is 6.42 Å². The number of hydrogen-bond acceptors (Lipinski definition) is 4. The van der Waals surface area contributed by atoms with Gasteiger partial charge in [-0.25, -0.2) is 0 Å². The maximum absolute atomic E-state index is 13.5. The molecule has 0 N–H and O–H groups in total. The van der Waals surface area contributed by atoms with E-state index in [1.54, 1.807) is 16.2 Å². The Kier molecular flexibility index (Phi) is 8.35. The van der Waals surface area contributed by atoms with Crippen molar-refractivity contribution >= 4 is 23.2 Å². The van der Waals surface area contributed by atoms with Crippen LogP contribution >= 0.6 is 11.3 Å². The van der Waals surface area contributed by atoms with Crippen molar-refractivity contribution in [3.63, 3.8) is 0 Å². The number of benzene rings is 1. The molecule has 4 rings (SSSR count). The Morgan fingerprint density at radius 3 is 2.41 bits per heavy atom. The van der Waals surface area contributed by atoms with Crippen LogP contribution in [-0.4, -0.2) is 47.4 Å². The van der Waals surface area contributed by atoms with Crippen LogP contribution in [0.3, 0.4) is 0 Å². The molecular weight excluding hydrogens is 420 g/mol. The highest BCUT2D eigenvalue weighted by Crippen LogP contribution is 2.26. The quantitative estimate of drug-likeness (QED) is 0.543. The lowest BCUT2D eigenvalue weighted by atomic mass is 9.88. The summed E-state index contributed by atoms with van der Waals surface area (Å²) in [5.41, 5.74) is 1.10. The molecular formula is C26H34N2O3S. The lowest BCUT2D eigenvalue weighted by Crippen LogP contribution is -2.47. The summed E-state index contributed by atoms with van der Waals surface area (Å²) in [6.45, 7) is 2.52. The zero-order valence-corrected chi connectivity index (χ0v) is 19.6. The van der Waals surface area contributed by atoms with Crippen molar-refractivity contribution in [1.82, 2.24) is 9.80 Å². The van der Waals surface area contributed by atoms with Crippen molar-refractivity contribution in [3.8, 4) is 0 Å². The summed E-state index contributed by atoms with van der Waals surface area (Å²) < 4.78 is 5.83. The molecule has 0 radical (unpaired) electrons. The number of ether oxygens (including phenoxy) is 1. The maximum atomic E-state index is 13.5. The van der Waals surface area contributed by atoms with Gasteiger partial charge in [0.05, 0.1) is 19.2 Å². The van der Waals surface area contributed by atoms with Crippen molar-refractivity contribution in [1.29, 1.82) is 0 Å². The Bertz CT molecular complexity index is 843. The third-order valence-corrected chi connectivity index (χ3v) is 7.40. The monoisotopic (exact) mass is 454 g/mol. The molecule has 1 atom stereocenters. The predicted octanol–water partition coefficient (Wildman–Crippen LogP) is 4.86. The molecule has 1 saturated carbocycles. The first-order chi connectivity index (χ1) is 15.7. The van der Waals surface area contributed by atoms with Gasteiger partial charge in [0.15, 0.2) is 0 Å². The highest BCUT2D eigenvalue weighted by atomic mass is 32.1. The molecule has 1 aromatic carbocycles. The van der Waals surface area contributed by atoms with Crippen LogP contribution in [-0.2, 0) is 27.4 Å². The fraction of sp³-hybridized carbons (Fsp3) is 0.538. The number of hydrogen-bond donors (Lipinski definition) is 0. The first-order valence-electron chi connectivity index (χ1n) is 11.9. The lowest BCUT2D eigenvalue weighted by Gasteiger charge is -2.32. The normalized spacial score (nSPS) is 19.1. The van der Waals surface area contributed by atoms with Crippen molar-refractivity contribution in [2.24, 2.45) is 5.92 Å². The van der Waals surface area contributed by atoms with E-state index in [2.05, 4.69) is 6.07 Å². The van der Waals surface area contributed by atoms with Crippen LogP contribution in [0.4, 0.5) is 0 Å². The van der Waals surface area contributed by atoms with E-state index in [9.17, 15) is 9.59 Å². The standard InChI is InChI=1S/C26H34N2O3S/c29-25(27(19-24-14-8-16-32-24)17-21-9-3-1-4-10-21)20-28(18-23-13-7-15-31-23)26(30)22-11-5-2-6-12-22/h1,3-4,8-10,14,16,22-23H,2,5-7,11-13,15,17-20H2. The van der Waals surface area contributed by atoms with E-state index in [1.807, 2.05) is 46.7 Å². The molecule has 172 valence electrons. The summed E-state index contributed by atoms with van der Waals surface area (Å²) in [5, 5.41) is 2.04. The molecule has 6 heteroatoms. The molecule has 2 amide bonds. The van der Waals surface area contributed by atoms with Crippen molar-refractivity contribution < 1.29 is 14.3 Å². The second kappa shape index (κ2) is 11.6. The molecule has 5 nitrogen and oxygen atoms in total. The first-order valence-corrected chi connectivity index (χ1v) is 12.8. The molecule has 0 spiro atoms. The van der Waals surface area contributed by atoms with E-state index < -0.39 is 0 Å². The third-order valence-electron chi connectivity index (χ3n) is 6.54. The first kappa shape index (κ1) is 23.0. The van der Waals surface area contributed by atoms with E-state index >= 15 is 0 Å². The summed E-state index contributed by atoms with van der Waals surface area (Å²) in [7, 11) is 0. The van der Waals surface area contributed by atoms with Gasteiger partial charge in [-0.3, -0.25) is 9.59 Å². The molecule has 1 aliphatic heterocycles. The smallest absolute Gasteiger partial charge is 0.242 e. The van der Waals surface area contributed by atoms with E-state index in [-0.39, 0.29) is 30.4 Å². The van der Waals surface area contributed by atoms with E-state index in [4.69, 9.17) is 4.74 Å². The topological polar surface area (TPSA) is 49.9 Å². The Labute approximate surface area is 195 Å². The fourth-order valence-electron chi connectivity index (χ4n) is 4.76. The van der Waals surface area contributed by atoms with Crippen LogP contribution in [0.5, 0.6) is 0 Å². The molecule has 2 aromatic rings. The van der Waals surface area contributed by atoms with Gasteiger partial charge in [-0.15, -0.1) is 11.3 Å². The van der Waals surface area contributed by atoms with Gasteiger partial charge in [-0.1, -0.05) is 55.7 Å². The highest BCUT2D eigenvalue weighted by Gasteiger charge is 2.31. The molecule has 2 aliphatic rings. The number of amides is 2. The van der Waals surface area contributed by atoms with Gasteiger partial charge in [0.2, 0.25) is 11.8 Å². The third kappa shape index (κ3) is 6.42. The molecule has 2 heterocycles. The van der Waals surface area contributed by atoms with Crippen LogP contribution in [0.2, 0.25) is 0 Å². The predicted molar refractivity (Wildman–Crippen MR) is 127 cm³/mol. The summed E-state index contributed by atoms with van der Waals surface area (Å²) >= 11 is 1.66. The molecule has 1 unspecified atom stereocenters. The molecule has 1 saturated heterocycles. The van der Waals surface area contributed by atoms with Gasteiger partial charge in [0, 0.05) is 30.5 Å². The fourth-order valence-corrected chi connectivity index (χ4v) is 5.48. The van der Waals surface area contributed by atoms with Crippen molar-refractivity contribution in [2.45, 2.75) is 64.1 Å². The number of nitrogens with zero attached hydrogens (tertiary/aromatic N) is 2. The minimum absolute atomic E-state index is 0.00408. The Hall–Kier alpha value is -2.18. The SMILES string of the molecule is O=C(CN(CC1CCCO1)C(=O)C1CCCCC1)N(Cc1ccccc1)Cc1cccs1. The summed E-state index contributed by atoms with van der Waals surface area (Å²) in [4.78, 5) is 31.8. The highest BCUT2D eigenvalue weighted by molar-refractivity contribution is 7.09. The zero-order valence-electron chi connectivity index (χ0n) is 18.8. The summed E-state index contributed by atoms with van der Waals surface area (Å²) in [6.07, 6.45) is 7.35.